The predicted molar refractivity (Wildman–Crippen MR) is 103 cm³/mol. The van der Waals surface area contributed by atoms with Crippen LogP contribution in [0, 0.1) is 0 Å². The van der Waals surface area contributed by atoms with Gasteiger partial charge in [0, 0.05) is 19.6 Å². The second-order valence-corrected chi connectivity index (χ2v) is 9.75. The molecule has 0 aliphatic carbocycles. The molecule has 0 radical (unpaired) electrons. The summed E-state index contributed by atoms with van der Waals surface area (Å²) in [4.78, 5) is 25.6. The van der Waals surface area contributed by atoms with Crippen LogP contribution in [-0.2, 0) is 4.57 Å². The smallest absolute Gasteiger partial charge is 0.0905 e. The molecule has 0 spiro atoms. The van der Waals surface area contributed by atoms with Crippen LogP contribution in [0.4, 0.5) is 0 Å². The summed E-state index contributed by atoms with van der Waals surface area (Å²) in [6, 6.07) is 0. The molecule has 0 bridgehead atoms. The molecule has 0 amide bonds. The van der Waals surface area contributed by atoms with Gasteiger partial charge in [0.05, 0.1) is 83.1 Å². The molecule has 10 nitrogen and oxygen atoms in total. The van der Waals surface area contributed by atoms with Gasteiger partial charge in [0.25, 0.3) is 0 Å². The van der Waals surface area contributed by atoms with Crippen LogP contribution < -0.4 is 31.9 Å². The number of nitrogens with zero attached hydrogens (tertiary/aromatic N) is 3. The van der Waals surface area contributed by atoms with Crippen molar-refractivity contribution in [3.8, 4) is 0 Å². The van der Waals surface area contributed by atoms with E-state index in [0.29, 0.717) is 0 Å². The zero-order valence-electron chi connectivity index (χ0n) is 18.4. The molecule has 0 fully saturated rings. The highest BCUT2D eigenvalue weighted by molar-refractivity contribution is 7.40. The van der Waals surface area contributed by atoms with Gasteiger partial charge in [-0.05, 0) is 0 Å². The number of quaternary nitrogens is 3. The zero-order chi connectivity index (χ0) is 22.2. The molecule has 0 saturated heterocycles. The lowest BCUT2D eigenvalue weighted by Gasteiger charge is -2.36. The number of hydrogen-bond donors (Lipinski definition) is 3. The fourth-order valence-corrected chi connectivity index (χ4v) is 1.16. The van der Waals surface area contributed by atoms with Crippen molar-refractivity contribution in [1.82, 2.24) is 0 Å². The summed E-state index contributed by atoms with van der Waals surface area (Å²) in [6.07, 6.45) is 0. The summed E-state index contributed by atoms with van der Waals surface area (Å²) in [5, 5.41) is 0. The molecule has 0 rings (SSSR count). The highest BCUT2D eigenvalue weighted by Crippen LogP contribution is 2.03. The Balaban J connectivity index is -0.000000125. The third-order valence-corrected chi connectivity index (χ3v) is 2.40. The van der Waals surface area contributed by atoms with Gasteiger partial charge in [-0.3, -0.25) is 0 Å². The van der Waals surface area contributed by atoms with E-state index in [0.717, 1.165) is 52.7 Å². The summed E-state index contributed by atoms with van der Waals surface area (Å²) in [5.41, 5.74) is 15.9. The van der Waals surface area contributed by atoms with Crippen molar-refractivity contribution in [2.75, 3.05) is 103 Å². The molecule has 0 aromatic carbocycles. The van der Waals surface area contributed by atoms with Gasteiger partial charge in [0.1, 0.15) is 0 Å². The second kappa shape index (κ2) is 15.9. The summed E-state index contributed by atoms with van der Waals surface area (Å²) >= 11 is 0. The predicted octanol–water partition coefficient (Wildman–Crippen LogP) is -3.87. The van der Waals surface area contributed by atoms with E-state index in [2.05, 4.69) is 63.4 Å². The molecule has 0 aliphatic rings. The summed E-state index contributed by atoms with van der Waals surface area (Å²) < 4.78 is 11.5. The molecule has 0 heterocycles. The van der Waals surface area contributed by atoms with E-state index in [9.17, 15) is 0 Å². The third-order valence-electron chi connectivity index (χ3n) is 2.40. The summed E-state index contributed by atoms with van der Waals surface area (Å²) in [7, 11) is 13.8. The fourth-order valence-electron chi connectivity index (χ4n) is 1.16. The first-order valence-electron chi connectivity index (χ1n) is 8.43. The minimum Gasteiger partial charge on any atom is -0.822 e. The van der Waals surface area contributed by atoms with Gasteiger partial charge in [0.15, 0.2) is 0 Å². The Morgan fingerprint density at radius 2 is 0.692 bits per heavy atom. The van der Waals surface area contributed by atoms with Crippen molar-refractivity contribution in [3.63, 3.8) is 0 Å². The van der Waals surface area contributed by atoms with Crippen LogP contribution in [0.5, 0.6) is 0 Å². The SMILES string of the molecule is C[N+](C)(C)CCN.C[N+](C)(C)CCN.C[N+](C)(C)CCN.O=P([O-])([O-])[O-]. The van der Waals surface area contributed by atoms with Crippen LogP contribution in [0.15, 0.2) is 0 Å². The van der Waals surface area contributed by atoms with Crippen LogP contribution in [0.1, 0.15) is 0 Å². The quantitative estimate of drug-likeness (QED) is 0.301. The van der Waals surface area contributed by atoms with E-state index in [-0.39, 0.29) is 0 Å². The average molecular weight is 405 g/mol. The lowest BCUT2D eigenvalue weighted by Crippen LogP contribution is -2.38. The van der Waals surface area contributed by atoms with E-state index in [1.165, 1.54) is 0 Å². The van der Waals surface area contributed by atoms with E-state index in [1.807, 2.05) is 0 Å². The maximum atomic E-state index is 8.55. The van der Waals surface area contributed by atoms with Crippen LogP contribution in [0.3, 0.4) is 0 Å². The fraction of sp³-hybridized carbons (Fsp3) is 1.00. The van der Waals surface area contributed by atoms with Gasteiger partial charge < -0.3 is 49.9 Å². The Hall–Kier alpha value is -0.130. The van der Waals surface area contributed by atoms with E-state index >= 15 is 0 Å². The molecule has 0 atom stereocenters. The van der Waals surface area contributed by atoms with E-state index < -0.39 is 7.82 Å². The number of rotatable bonds is 6. The highest BCUT2D eigenvalue weighted by atomic mass is 31.2. The van der Waals surface area contributed by atoms with Crippen LogP contribution >= 0.6 is 7.82 Å². The molecule has 0 saturated carbocycles. The van der Waals surface area contributed by atoms with Crippen LogP contribution in [0.2, 0.25) is 0 Å². The van der Waals surface area contributed by atoms with Gasteiger partial charge in [0.2, 0.25) is 0 Å². The summed E-state index contributed by atoms with van der Waals surface area (Å²) in [5.74, 6) is 0. The average Bonchev–Trinajstić information content (AvgIpc) is 2.22. The molecule has 164 valence electrons. The largest absolute Gasteiger partial charge is 0.822 e. The van der Waals surface area contributed by atoms with Crippen molar-refractivity contribution in [2.24, 2.45) is 17.2 Å². The monoisotopic (exact) mass is 404 g/mol. The lowest BCUT2D eigenvalue weighted by molar-refractivity contribution is -0.868. The third kappa shape index (κ3) is 88.6. The Bertz CT molecular complexity index is 299. The molecule has 0 aliphatic heterocycles. The number of phosphoric acid groups is 1. The van der Waals surface area contributed by atoms with Gasteiger partial charge in [-0.2, -0.15) is 7.82 Å². The minimum atomic E-state index is -5.39. The number of likely N-dealkylation sites (N-methyl/N-ethyl adjacent to an activating group) is 3. The van der Waals surface area contributed by atoms with Gasteiger partial charge in [-0.15, -0.1) is 0 Å². The maximum Gasteiger partial charge on any atom is 0.0905 e. The van der Waals surface area contributed by atoms with Gasteiger partial charge in [-0.25, -0.2) is 0 Å². The first-order valence-corrected chi connectivity index (χ1v) is 9.89. The van der Waals surface area contributed by atoms with Gasteiger partial charge in [-0.1, -0.05) is 0 Å². The molecule has 0 unspecified atom stereocenters. The molecule has 0 aromatic rings. The second-order valence-electron chi connectivity index (χ2n) is 8.86. The molecule has 6 N–H and O–H groups in total. The lowest BCUT2D eigenvalue weighted by atomic mass is 10.5. The van der Waals surface area contributed by atoms with Crippen molar-refractivity contribution in [2.45, 2.75) is 0 Å². The first-order chi connectivity index (χ1) is 11.2. The Morgan fingerprint density at radius 1 is 0.577 bits per heavy atom. The van der Waals surface area contributed by atoms with Crippen molar-refractivity contribution in [1.29, 1.82) is 0 Å². The van der Waals surface area contributed by atoms with Crippen LogP contribution in [-0.4, -0.2) is 116 Å². The van der Waals surface area contributed by atoms with E-state index in [1.54, 1.807) is 0 Å². The van der Waals surface area contributed by atoms with Gasteiger partial charge >= 0.3 is 0 Å². The van der Waals surface area contributed by atoms with Crippen LogP contribution in [0.25, 0.3) is 0 Å². The first kappa shape index (κ1) is 33.5. The summed E-state index contributed by atoms with van der Waals surface area (Å²) in [6.45, 7) is 5.51. The normalized spacial score (nSPS) is 12.0. The number of hydrogen-bond acceptors (Lipinski definition) is 7. The standard InChI is InChI=1S/3C5H15N2.H3O4P/c3*1-7(2,3)5-4-6;1-5(2,3)4/h3*4-6H2,1-3H3;(H3,1,2,3,4)/q3*+1;/p-3. The molecular formula is C15H45N6O4P. The maximum absolute atomic E-state index is 8.55. The molecule has 0 aromatic heterocycles. The van der Waals surface area contributed by atoms with Crippen molar-refractivity contribution in [3.05, 3.63) is 0 Å². The topological polar surface area (TPSA) is 164 Å². The molecular weight excluding hydrogens is 359 g/mol. The van der Waals surface area contributed by atoms with Crippen molar-refractivity contribution >= 4 is 7.82 Å². The Labute approximate surface area is 161 Å². The van der Waals surface area contributed by atoms with Crippen molar-refractivity contribution < 1.29 is 32.7 Å². The zero-order valence-corrected chi connectivity index (χ0v) is 19.3. The highest BCUT2D eigenvalue weighted by Gasteiger charge is 2.02. The Kier molecular flexibility index (Phi) is 20.4. The van der Waals surface area contributed by atoms with E-state index in [4.69, 9.17) is 36.4 Å². The molecule has 11 heteroatoms. The minimum absolute atomic E-state index is 0.781. The Morgan fingerprint density at radius 3 is 0.692 bits per heavy atom. The number of nitrogens with two attached hydrogens (primary N) is 3. The molecule has 26 heavy (non-hydrogen) atoms.